The lowest BCUT2D eigenvalue weighted by atomic mass is 10.1. The Hall–Kier alpha value is -1.01. The zero-order valence-electron chi connectivity index (χ0n) is 17.4. The largest absolute Gasteiger partial charge is 0.363 e. The minimum absolute atomic E-state index is 0. The van der Waals surface area contributed by atoms with E-state index >= 15 is 0 Å². The third-order valence-electron chi connectivity index (χ3n) is 5.03. The second-order valence-corrected chi connectivity index (χ2v) is 8.93. The molecule has 162 valence electrons. The number of hydrogen-bond donors (Lipinski definition) is 2. The maximum Gasteiger partial charge on any atom is 0.191 e. The lowest BCUT2D eigenvalue weighted by Crippen LogP contribution is -2.49. The number of rotatable bonds is 8. The van der Waals surface area contributed by atoms with Crippen molar-refractivity contribution in [3.05, 3.63) is 29.2 Å². The van der Waals surface area contributed by atoms with E-state index < -0.39 is 0 Å². The van der Waals surface area contributed by atoms with Gasteiger partial charge in [0.05, 0.1) is 5.00 Å². The molecule has 2 aromatic rings. The number of aliphatic imine (C=N–C) groups is 1. The van der Waals surface area contributed by atoms with Gasteiger partial charge in [0, 0.05) is 32.7 Å². The molecule has 2 N–H and O–H groups in total. The molecule has 7 nitrogen and oxygen atoms in total. The van der Waals surface area contributed by atoms with Gasteiger partial charge in [0.15, 0.2) is 11.8 Å². The molecule has 2 aromatic heterocycles. The van der Waals surface area contributed by atoms with E-state index in [4.69, 9.17) is 4.99 Å². The number of nitrogens with zero attached hydrogens (tertiary/aromatic N) is 5. The average molecular weight is 550 g/mol. The summed E-state index contributed by atoms with van der Waals surface area (Å²) in [5, 5.41) is 19.0. The van der Waals surface area contributed by atoms with Crippen molar-refractivity contribution in [2.75, 3.05) is 36.5 Å². The molecule has 0 bridgehead atoms. The topological polar surface area (TPSA) is 70.4 Å². The van der Waals surface area contributed by atoms with Gasteiger partial charge in [0.1, 0.15) is 12.4 Å². The van der Waals surface area contributed by atoms with Gasteiger partial charge in [-0.15, -0.1) is 45.5 Å². The van der Waals surface area contributed by atoms with Crippen molar-refractivity contribution in [2.45, 2.75) is 38.8 Å². The molecule has 1 saturated heterocycles. The molecule has 1 aliphatic rings. The molecule has 29 heavy (non-hydrogen) atoms. The first-order valence-electron chi connectivity index (χ1n) is 9.84. The van der Waals surface area contributed by atoms with Gasteiger partial charge in [-0.1, -0.05) is 0 Å². The number of thioether (sulfide) groups is 1. The van der Waals surface area contributed by atoms with Crippen LogP contribution < -0.4 is 15.5 Å². The molecule has 1 aliphatic heterocycles. The van der Waals surface area contributed by atoms with Gasteiger partial charge >= 0.3 is 0 Å². The summed E-state index contributed by atoms with van der Waals surface area (Å²) in [6.07, 6.45) is 5.51. The van der Waals surface area contributed by atoms with Crippen LogP contribution in [0.3, 0.4) is 0 Å². The van der Waals surface area contributed by atoms with Crippen LogP contribution >= 0.6 is 47.1 Å². The van der Waals surface area contributed by atoms with E-state index in [-0.39, 0.29) is 24.0 Å². The molecular formula is C19H32IN7S2. The van der Waals surface area contributed by atoms with Crippen molar-refractivity contribution in [3.63, 3.8) is 0 Å². The number of halogens is 1. The van der Waals surface area contributed by atoms with Crippen molar-refractivity contribution in [3.8, 4) is 0 Å². The number of anilines is 1. The van der Waals surface area contributed by atoms with Crippen LogP contribution in [-0.2, 0) is 13.6 Å². The van der Waals surface area contributed by atoms with Crippen LogP contribution in [0.2, 0.25) is 0 Å². The van der Waals surface area contributed by atoms with E-state index in [0.29, 0.717) is 12.6 Å². The van der Waals surface area contributed by atoms with E-state index in [1.165, 1.54) is 5.00 Å². The predicted octanol–water partition coefficient (Wildman–Crippen LogP) is 3.26. The van der Waals surface area contributed by atoms with E-state index in [2.05, 4.69) is 49.5 Å². The van der Waals surface area contributed by atoms with Gasteiger partial charge in [-0.3, -0.25) is 0 Å². The fourth-order valence-electron chi connectivity index (χ4n) is 3.20. The van der Waals surface area contributed by atoms with Crippen LogP contribution in [-0.4, -0.2) is 58.4 Å². The van der Waals surface area contributed by atoms with E-state index in [9.17, 15) is 0 Å². The Kier molecular flexibility index (Phi) is 10.6. The maximum absolute atomic E-state index is 4.78. The normalized spacial score (nSPS) is 15.3. The summed E-state index contributed by atoms with van der Waals surface area (Å²) in [6.45, 7) is 5.59. The Bertz CT molecular complexity index is 740. The number of hydrogen-bond acceptors (Lipinski definition) is 6. The molecular weight excluding hydrogens is 517 g/mol. The van der Waals surface area contributed by atoms with Gasteiger partial charge in [0.25, 0.3) is 0 Å². The van der Waals surface area contributed by atoms with Crippen LogP contribution in [0.5, 0.6) is 0 Å². The average Bonchev–Trinajstić information content (AvgIpc) is 3.35. The molecule has 0 aliphatic carbocycles. The van der Waals surface area contributed by atoms with E-state index in [1.807, 2.05) is 41.6 Å². The number of nitrogens with one attached hydrogen (secondary N) is 2. The highest BCUT2D eigenvalue weighted by atomic mass is 127. The summed E-state index contributed by atoms with van der Waals surface area (Å²) in [5.41, 5.74) is 0. The van der Waals surface area contributed by atoms with Crippen molar-refractivity contribution in [2.24, 2.45) is 12.0 Å². The highest BCUT2D eigenvalue weighted by molar-refractivity contribution is 14.0. The Labute approximate surface area is 199 Å². The highest BCUT2D eigenvalue weighted by Crippen LogP contribution is 2.24. The van der Waals surface area contributed by atoms with Crippen LogP contribution in [0.15, 0.2) is 22.5 Å². The van der Waals surface area contributed by atoms with Crippen LogP contribution in [0.1, 0.15) is 30.9 Å². The Balaban J connectivity index is 0.00000300. The molecule has 0 spiro atoms. The summed E-state index contributed by atoms with van der Waals surface area (Å²) in [7, 11) is 1.99. The number of aryl methyl sites for hydroxylation is 1. The molecule has 0 saturated carbocycles. The van der Waals surface area contributed by atoms with Crippen LogP contribution in [0, 0.1) is 6.92 Å². The summed E-state index contributed by atoms with van der Waals surface area (Å²) in [6, 6.07) is 4.78. The minimum Gasteiger partial charge on any atom is -0.363 e. The first-order valence-corrected chi connectivity index (χ1v) is 12.1. The zero-order valence-corrected chi connectivity index (χ0v) is 21.4. The molecule has 0 unspecified atom stereocenters. The monoisotopic (exact) mass is 549 g/mol. The van der Waals surface area contributed by atoms with Gasteiger partial charge in [-0.25, -0.2) is 4.99 Å². The second kappa shape index (κ2) is 12.6. The summed E-state index contributed by atoms with van der Waals surface area (Å²) in [5.74, 6) is 3.84. The summed E-state index contributed by atoms with van der Waals surface area (Å²) < 4.78 is 1.99. The third-order valence-corrected chi connectivity index (χ3v) is 6.66. The van der Waals surface area contributed by atoms with Crippen molar-refractivity contribution in [1.29, 1.82) is 0 Å². The maximum atomic E-state index is 4.78. The number of piperidine rings is 1. The van der Waals surface area contributed by atoms with Crippen molar-refractivity contribution < 1.29 is 0 Å². The van der Waals surface area contributed by atoms with Gasteiger partial charge < -0.3 is 20.1 Å². The first-order chi connectivity index (χ1) is 13.7. The summed E-state index contributed by atoms with van der Waals surface area (Å²) >= 11 is 3.70. The summed E-state index contributed by atoms with van der Waals surface area (Å²) in [4.78, 5) is 7.26. The second-order valence-electron chi connectivity index (χ2n) is 7.02. The van der Waals surface area contributed by atoms with Crippen LogP contribution in [0.25, 0.3) is 0 Å². The zero-order chi connectivity index (χ0) is 19.8. The van der Waals surface area contributed by atoms with Gasteiger partial charge in [-0.05, 0) is 55.7 Å². The molecule has 0 radical (unpaired) electrons. The van der Waals surface area contributed by atoms with Crippen LogP contribution in [0.4, 0.5) is 5.00 Å². The standard InChI is InChI=1S/C19H31N7S2.HI/c1-15-23-24-17(25(15)2)14-21-19(20-9-5-12-27-3)22-16-7-10-26(11-8-16)18-6-4-13-28-18;/h4,6,13,16H,5,7-12,14H2,1-3H3,(H2,20,21,22);1H. The quantitative estimate of drug-likeness (QED) is 0.228. The molecule has 10 heteroatoms. The Morgan fingerprint density at radius 2 is 2.14 bits per heavy atom. The molecule has 3 heterocycles. The molecule has 0 aromatic carbocycles. The third kappa shape index (κ3) is 7.32. The smallest absolute Gasteiger partial charge is 0.191 e. The number of thiophene rings is 1. The van der Waals surface area contributed by atoms with Gasteiger partial charge in [-0.2, -0.15) is 11.8 Å². The lowest BCUT2D eigenvalue weighted by molar-refractivity contribution is 0.462. The highest BCUT2D eigenvalue weighted by Gasteiger charge is 2.20. The molecule has 3 rings (SSSR count). The minimum atomic E-state index is 0. The molecule has 0 atom stereocenters. The Morgan fingerprint density at radius 1 is 1.34 bits per heavy atom. The predicted molar refractivity (Wildman–Crippen MR) is 136 cm³/mol. The van der Waals surface area contributed by atoms with Crippen molar-refractivity contribution in [1.82, 2.24) is 25.4 Å². The fourth-order valence-corrected chi connectivity index (χ4v) is 4.42. The van der Waals surface area contributed by atoms with Gasteiger partial charge in [0.2, 0.25) is 0 Å². The lowest BCUT2D eigenvalue weighted by Gasteiger charge is -2.33. The molecule has 0 amide bonds. The SMILES string of the molecule is CSCCCNC(=NCc1nnc(C)n1C)NC1CCN(c2cccs2)CC1.I. The first kappa shape index (κ1) is 24.3. The number of guanidine groups is 1. The number of aromatic nitrogens is 3. The van der Waals surface area contributed by atoms with E-state index in [0.717, 1.165) is 62.3 Å². The fraction of sp³-hybridized carbons (Fsp3) is 0.632. The van der Waals surface area contributed by atoms with Crippen molar-refractivity contribution >= 4 is 58.0 Å². The Morgan fingerprint density at radius 3 is 2.76 bits per heavy atom. The molecule has 1 fully saturated rings. The van der Waals surface area contributed by atoms with E-state index in [1.54, 1.807) is 0 Å².